The molecule has 2 rings (SSSR count). The van der Waals surface area contributed by atoms with Crippen LogP contribution in [0.2, 0.25) is 4.34 Å². The van der Waals surface area contributed by atoms with Gasteiger partial charge in [-0.1, -0.05) is 29.8 Å². The number of anilines is 1. The molecule has 0 amide bonds. The summed E-state index contributed by atoms with van der Waals surface area (Å²) in [6.07, 6.45) is 0. The first-order valence-electron chi connectivity index (χ1n) is 5.00. The van der Waals surface area contributed by atoms with Crippen LogP contribution in [0.3, 0.4) is 0 Å². The highest BCUT2D eigenvalue weighted by Gasteiger charge is 2.17. The number of halogens is 1. The monoisotopic (exact) mass is 303 g/mol. The maximum Gasteiger partial charge on any atom is 0.271 e. The lowest BCUT2D eigenvalue weighted by Crippen LogP contribution is -2.12. The van der Waals surface area contributed by atoms with E-state index in [1.807, 2.05) is 0 Å². The van der Waals surface area contributed by atoms with Crippen LogP contribution in [0.5, 0.6) is 0 Å². The van der Waals surface area contributed by atoms with E-state index in [9.17, 15) is 8.42 Å². The van der Waals surface area contributed by atoms with E-state index < -0.39 is 10.0 Å². The Labute approximate surface area is 114 Å². The number of sulfonamides is 1. The molecule has 2 N–H and O–H groups in total. The van der Waals surface area contributed by atoms with Crippen LogP contribution in [0.1, 0.15) is 5.56 Å². The highest BCUT2D eigenvalue weighted by Crippen LogP contribution is 2.28. The number of para-hydroxylation sites is 1. The van der Waals surface area contributed by atoms with E-state index in [-0.39, 0.29) is 10.8 Å². The number of nitrogens with one attached hydrogen (secondary N) is 1. The van der Waals surface area contributed by atoms with Gasteiger partial charge in [0.15, 0.2) is 0 Å². The van der Waals surface area contributed by atoms with E-state index in [4.69, 9.17) is 16.7 Å². The van der Waals surface area contributed by atoms with Gasteiger partial charge >= 0.3 is 0 Å². The summed E-state index contributed by atoms with van der Waals surface area (Å²) in [5, 5.41) is 9.14. The minimum Gasteiger partial charge on any atom is -0.392 e. The predicted octanol–water partition coefficient (Wildman–Crippen LogP) is 2.69. The molecule has 96 valence electrons. The largest absolute Gasteiger partial charge is 0.392 e. The highest BCUT2D eigenvalue weighted by molar-refractivity contribution is 7.94. The first-order chi connectivity index (χ1) is 8.53. The fourth-order valence-electron chi connectivity index (χ4n) is 1.39. The number of rotatable bonds is 4. The van der Waals surface area contributed by atoms with Crippen molar-refractivity contribution in [3.05, 3.63) is 46.3 Å². The van der Waals surface area contributed by atoms with E-state index in [0.29, 0.717) is 15.6 Å². The Bertz CT molecular complexity index is 652. The molecule has 0 saturated heterocycles. The van der Waals surface area contributed by atoms with Gasteiger partial charge in [0.25, 0.3) is 10.0 Å². The lowest BCUT2D eigenvalue weighted by molar-refractivity contribution is 0.282. The minimum absolute atomic E-state index is 0.139. The molecule has 0 aliphatic rings. The maximum atomic E-state index is 12.0. The summed E-state index contributed by atoms with van der Waals surface area (Å²) in [5.74, 6) is 0. The zero-order valence-corrected chi connectivity index (χ0v) is 11.5. The molecule has 0 unspecified atom stereocenters. The molecule has 0 spiro atoms. The molecule has 4 nitrogen and oxygen atoms in total. The van der Waals surface area contributed by atoms with Crippen molar-refractivity contribution in [1.29, 1.82) is 0 Å². The summed E-state index contributed by atoms with van der Waals surface area (Å²) in [4.78, 5) is 0. The van der Waals surface area contributed by atoms with Gasteiger partial charge in [-0.2, -0.15) is 0 Å². The SMILES string of the molecule is O=S(=O)(Nc1ccccc1CO)c1ccc(Cl)s1. The Balaban J connectivity index is 2.33. The smallest absolute Gasteiger partial charge is 0.271 e. The van der Waals surface area contributed by atoms with Gasteiger partial charge in [0.2, 0.25) is 0 Å². The third kappa shape index (κ3) is 2.84. The summed E-state index contributed by atoms with van der Waals surface area (Å²) >= 11 is 6.69. The third-order valence-corrected chi connectivity index (χ3v) is 5.33. The van der Waals surface area contributed by atoms with Gasteiger partial charge in [0, 0.05) is 5.56 Å². The predicted molar refractivity (Wildman–Crippen MR) is 72.5 cm³/mol. The number of aliphatic hydroxyl groups is 1. The van der Waals surface area contributed by atoms with E-state index in [0.717, 1.165) is 11.3 Å². The number of thiophene rings is 1. The summed E-state index contributed by atoms with van der Waals surface area (Å²) in [7, 11) is -3.65. The van der Waals surface area contributed by atoms with E-state index in [1.54, 1.807) is 24.3 Å². The number of hydrogen-bond acceptors (Lipinski definition) is 4. The lowest BCUT2D eigenvalue weighted by Gasteiger charge is -2.09. The van der Waals surface area contributed by atoms with Gasteiger partial charge in [-0.3, -0.25) is 4.72 Å². The van der Waals surface area contributed by atoms with Crippen molar-refractivity contribution in [3.8, 4) is 0 Å². The number of hydrogen-bond donors (Lipinski definition) is 2. The van der Waals surface area contributed by atoms with Crippen LogP contribution < -0.4 is 4.72 Å². The lowest BCUT2D eigenvalue weighted by atomic mass is 10.2. The van der Waals surface area contributed by atoms with Crippen molar-refractivity contribution in [3.63, 3.8) is 0 Å². The molecule has 1 aromatic heterocycles. The molecular formula is C11H10ClNO3S2. The van der Waals surface area contributed by atoms with Crippen LogP contribution in [0, 0.1) is 0 Å². The summed E-state index contributed by atoms with van der Waals surface area (Å²) in [6, 6.07) is 9.64. The third-order valence-electron chi connectivity index (χ3n) is 2.25. The minimum atomic E-state index is -3.65. The van der Waals surface area contributed by atoms with E-state index in [1.165, 1.54) is 12.1 Å². The fourth-order valence-corrected chi connectivity index (χ4v) is 3.98. The highest BCUT2D eigenvalue weighted by atomic mass is 35.5. The molecule has 0 atom stereocenters. The fraction of sp³-hybridized carbons (Fsp3) is 0.0909. The van der Waals surface area contributed by atoms with E-state index >= 15 is 0 Å². The first kappa shape index (κ1) is 13.4. The molecule has 0 aliphatic carbocycles. The number of benzene rings is 1. The zero-order valence-electron chi connectivity index (χ0n) is 9.13. The van der Waals surface area contributed by atoms with Gasteiger partial charge in [-0.25, -0.2) is 8.42 Å². The first-order valence-corrected chi connectivity index (χ1v) is 7.67. The van der Waals surface area contributed by atoms with Crippen molar-refractivity contribution >= 4 is 38.6 Å². The zero-order chi connectivity index (χ0) is 13.2. The molecule has 0 fully saturated rings. The Kier molecular flexibility index (Phi) is 3.91. The van der Waals surface area contributed by atoms with Gasteiger partial charge in [0.05, 0.1) is 16.6 Å². The molecule has 0 radical (unpaired) electrons. The summed E-state index contributed by atoms with van der Waals surface area (Å²) < 4.78 is 27.1. The van der Waals surface area contributed by atoms with Crippen molar-refractivity contribution in [2.75, 3.05) is 4.72 Å². The second-order valence-corrected chi connectivity index (χ2v) is 7.10. The Morgan fingerprint density at radius 3 is 2.56 bits per heavy atom. The molecule has 18 heavy (non-hydrogen) atoms. The molecule has 0 aliphatic heterocycles. The van der Waals surface area contributed by atoms with Crippen LogP contribution in [-0.4, -0.2) is 13.5 Å². The van der Waals surface area contributed by atoms with E-state index in [2.05, 4.69) is 4.72 Å². The Morgan fingerprint density at radius 1 is 1.22 bits per heavy atom. The van der Waals surface area contributed by atoms with Gasteiger partial charge in [0.1, 0.15) is 4.21 Å². The standard InChI is InChI=1S/C11H10ClNO3S2/c12-10-5-6-11(17-10)18(15,16)13-9-4-2-1-3-8(9)7-14/h1-6,13-14H,7H2. The molecule has 0 bridgehead atoms. The quantitative estimate of drug-likeness (QED) is 0.912. The average molecular weight is 304 g/mol. The molecule has 1 heterocycles. The number of aliphatic hydroxyl groups excluding tert-OH is 1. The van der Waals surface area contributed by atoms with Crippen molar-refractivity contribution in [2.45, 2.75) is 10.8 Å². The topological polar surface area (TPSA) is 66.4 Å². The second-order valence-electron chi connectivity index (χ2n) is 3.48. The molecule has 1 aromatic carbocycles. The van der Waals surface area contributed by atoms with Crippen LogP contribution in [0.15, 0.2) is 40.6 Å². The maximum absolute atomic E-state index is 12.0. The van der Waals surface area contributed by atoms with Crippen molar-refractivity contribution in [1.82, 2.24) is 0 Å². The van der Waals surface area contributed by atoms with Crippen LogP contribution in [0.4, 0.5) is 5.69 Å². The molecular weight excluding hydrogens is 294 g/mol. The van der Waals surface area contributed by atoms with Crippen molar-refractivity contribution in [2.24, 2.45) is 0 Å². The molecule has 2 aromatic rings. The second kappa shape index (κ2) is 5.27. The molecule has 0 saturated carbocycles. The van der Waals surface area contributed by atoms with Crippen LogP contribution in [0.25, 0.3) is 0 Å². The average Bonchev–Trinajstić information content (AvgIpc) is 2.77. The van der Waals surface area contributed by atoms with Gasteiger partial charge in [-0.05, 0) is 18.2 Å². The normalized spacial score (nSPS) is 11.4. The summed E-state index contributed by atoms with van der Waals surface area (Å²) in [5.41, 5.74) is 0.883. The summed E-state index contributed by atoms with van der Waals surface area (Å²) in [6.45, 7) is -0.232. The Morgan fingerprint density at radius 2 is 1.94 bits per heavy atom. The van der Waals surface area contributed by atoms with Gasteiger partial charge < -0.3 is 5.11 Å². The molecule has 7 heteroatoms. The van der Waals surface area contributed by atoms with Crippen LogP contribution in [-0.2, 0) is 16.6 Å². The van der Waals surface area contributed by atoms with Crippen LogP contribution >= 0.6 is 22.9 Å². The Hall–Kier alpha value is -1.08. The van der Waals surface area contributed by atoms with Crippen molar-refractivity contribution < 1.29 is 13.5 Å². The van der Waals surface area contributed by atoms with Gasteiger partial charge in [-0.15, -0.1) is 11.3 Å².